The molecule has 0 aliphatic carbocycles. The Morgan fingerprint density at radius 1 is 1.61 bits per heavy atom. The summed E-state index contributed by atoms with van der Waals surface area (Å²) >= 11 is 1.41. The van der Waals surface area contributed by atoms with E-state index in [1.807, 2.05) is 5.38 Å². The molecule has 6 nitrogen and oxygen atoms in total. The third-order valence-corrected chi connectivity index (χ3v) is 3.45. The number of anilines is 1. The number of carbonyl (C=O) groups excluding carboxylic acids is 2. The van der Waals surface area contributed by atoms with Crippen LogP contribution >= 0.6 is 11.3 Å². The second kappa shape index (κ2) is 5.45. The van der Waals surface area contributed by atoms with Crippen molar-refractivity contribution in [3.63, 3.8) is 0 Å². The molecule has 0 bridgehead atoms. The molecule has 1 aromatic heterocycles. The Labute approximate surface area is 110 Å². The SMILES string of the molecule is CN(C)NC(=O)Cc1csc(N2CCCC2=O)n1. The molecule has 1 aliphatic heterocycles. The van der Waals surface area contributed by atoms with E-state index in [0.29, 0.717) is 17.2 Å². The highest BCUT2D eigenvalue weighted by Gasteiger charge is 2.24. The molecule has 1 saturated heterocycles. The van der Waals surface area contributed by atoms with Gasteiger partial charge in [0.25, 0.3) is 0 Å². The Morgan fingerprint density at radius 2 is 2.39 bits per heavy atom. The van der Waals surface area contributed by atoms with E-state index in [1.54, 1.807) is 24.0 Å². The summed E-state index contributed by atoms with van der Waals surface area (Å²) in [6.07, 6.45) is 1.71. The maximum atomic E-state index is 11.6. The molecule has 2 amide bonds. The van der Waals surface area contributed by atoms with E-state index >= 15 is 0 Å². The first kappa shape index (κ1) is 13.0. The fourth-order valence-electron chi connectivity index (χ4n) is 1.81. The predicted molar refractivity (Wildman–Crippen MR) is 69.2 cm³/mol. The molecule has 0 unspecified atom stereocenters. The highest BCUT2D eigenvalue weighted by Crippen LogP contribution is 2.25. The Morgan fingerprint density at radius 3 is 3.00 bits per heavy atom. The van der Waals surface area contributed by atoms with Crippen LogP contribution in [0.2, 0.25) is 0 Å². The number of aromatic nitrogens is 1. The molecule has 2 rings (SSSR count). The van der Waals surface area contributed by atoms with Crippen molar-refractivity contribution in [2.75, 3.05) is 25.5 Å². The topological polar surface area (TPSA) is 65.5 Å². The zero-order chi connectivity index (χ0) is 13.1. The minimum absolute atomic E-state index is 0.107. The highest BCUT2D eigenvalue weighted by atomic mass is 32.1. The number of hydrazine groups is 1. The lowest BCUT2D eigenvalue weighted by molar-refractivity contribution is -0.124. The fourth-order valence-corrected chi connectivity index (χ4v) is 2.67. The van der Waals surface area contributed by atoms with Crippen LogP contribution in [0.15, 0.2) is 5.38 Å². The average Bonchev–Trinajstić information content (AvgIpc) is 2.85. The average molecular weight is 268 g/mol. The van der Waals surface area contributed by atoms with Crippen molar-refractivity contribution in [2.24, 2.45) is 0 Å². The quantitative estimate of drug-likeness (QED) is 0.803. The van der Waals surface area contributed by atoms with Gasteiger partial charge in [0.2, 0.25) is 11.8 Å². The summed E-state index contributed by atoms with van der Waals surface area (Å²) in [6, 6.07) is 0. The van der Waals surface area contributed by atoms with Crippen LogP contribution in [0, 0.1) is 0 Å². The van der Waals surface area contributed by atoms with Gasteiger partial charge in [-0.1, -0.05) is 0 Å². The van der Waals surface area contributed by atoms with Gasteiger partial charge in [-0.3, -0.25) is 19.9 Å². The summed E-state index contributed by atoms with van der Waals surface area (Å²) in [5, 5.41) is 4.13. The Balaban J connectivity index is 1.98. The summed E-state index contributed by atoms with van der Waals surface area (Å²) < 4.78 is 0. The summed E-state index contributed by atoms with van der Waals surface area (Å²) in [7, 11) is 3.51. The van der Waals surface area contributed by atoms with Gasteiger partial charge >= 0.3 is 0 Å². The van der Waals surface area contributed by atoms with Crippen molar-refractivity contribution >= 4 is 28.3 Å². The number of rotatable bonds is 4. The molecule has 0 atom stereocenters. The molecular formula is C11H16N4O2S. The van der Waals surface area contributed by atoms with Crippen LogP contribution in [0.4, 0.5) is 5.13 Å². The summed E-state index contributed by atoms with van der Waals surface area (Å²) in [5.74, 6) is 0.0123. The number of amides is 2. The maximum Gasteiger partial charge on any atom is 0.240 e. The zero-order valence-corrected chi connectivity index (χ0v) is 11.3. The number of hydrogen-bond acceptors (Lipinski definition) is 5. The molecule has 98 valence electrons. The summed E-state index contributed by atoms with van der Waals surface area (Å²) in [6.45, 7) is 0.732. The molecule has 1 fully saturated rings. The van der Waals surface area contributed by atoms with Crippen molar-refractivity contribution < 1.29 is 9.59 Å². The second-order valence-corrected chi connectivity index (χ2v) is 5.21. The lowest BCUT2D eigenvalue weighted by Crippen LogP contribution is -2.37. The normalized spacial score (nSPS) is 15.5. The summed E-state index contributed by atoms with van der Waals surface area (Å²) in [5.41, 5.74) is 3.36. The Bertz CT molecular complexity index is 458. The minimum Gasteiger partial charge on any atom is -0.289 e. The fraction of sp³-hybridized carbons (Fsp3) is 0.545. The van der Waals surface area contributed by atoms with Crippen molar-refractivity contribution in [2.45, 2.75) is 19.3 Å². The monoisotopic (exact) mass is 268 g/mol. The molecule has 1 aromatic rings. The van der Waals surface area contributed by atoms with Gasteiger partial charge in [-0.05, 0) is 6.42 Å². The van der Waals surface area contributed by atoms with Gasteiger partial charge in [0.1, 0.15) is 0 Å². The number of nitrogens with zero attached hydrogens (tertiary/aromatic N) is 3. The Hall–Kier alpha value is -1.47. The van der Waals surface area contributed by atoms with E-state index in [9.17, 15) is 9.59 Å². The molecule has 0 spiro atoms. The number of hydrogen-bond donors (Lipinski definition) is 1. The van der Waals surface area contributed by atoms with Crippen LogP contribution in [-0.4, -0.2) is 42.4 Å². The van der Waals surface area contributed by atoms with Crippen LogP contribution in [-0.2, 0) is 16.0 Å². The van der Waals surface area contributed by atoms with Crippen LogP contribution < -0.4 is 10.3 Å². The molecule has 0 saturated carbocycles. The van der Waals surface area contributed by atoms with Crippen molar-refractivity contribution in [3.05, 3.63) is 11.1 Å². The lowest BCUT2D eigenvalue weighted by atomic mass is 10.3. The summed E-state index contributed by atoms with van der Waals surface area (Å²) in [4.78, 5) is 29.1. The highest BCUT2D eigenvalue weighted by molar-refractivity contribution is 7.14. The van der Waals surface area contributed by atoms with Crippen LogP contribution in [0.25, 0.3) is 0 Å². The smallest absolute Gasteiger partial charge is 0.240 e. The molecule has 2 heterocycles. The Kier molecular flexibility index (Phi) is 3.93. The molecule has 7 heteroatoms. The lowest BCUT2D eigenvalue weighted by Gasteiger charge is -2.11. The van der Waals surface area contributed by atoms with E-state index in [1.165, 1.54) is 11.3 Å². The van der Waals surface area contributed by atoms with Gasteiger partial charge in [-0.25, -0.2) is 9.99 Å². The van der Waals surface area contributed by atoms with Crippen LogP contribution in [0.1, 0.15) is 18.5 Å². The third kappa shape index (κ3) is 3.05. The van der Waals surface area contributed by atoms with E-state index in [0.717, 1.165) is 13.0 Å². The minimum atomic E-state index is -0.107. The van der Waals surface area contributed by atoms with Crippen molar-refractivity contribution in [1.82, 2.24) is 15.4 Å². The van der Waals surface area contributed by atoms with Crippen molar-refractivity contribution in [1.29, 1.82) is 0 Å². The van der Waals surface area contributed by atoms with Crippen molar-refractivity contribution in [3.8, 4) is 0 Å². The second-order valence-electron chi connectivity index (χ2n) is 4.38. The van der Waals surface area contributed by atoms with Gasteiger partial charge in [0.15, 0.2) is 5.13 Å². The zero-order valence-electron chi connectivity index (χ0n) is 10.5. The van der Waals surface area contributed by atoms with E-state index in [2.05, 4.69) is 10.4 Å². The first-order chi connectivity index (χ1) is 8.56. The standard InChI is InChI=1S/C11H16N4O2S/c1-14(2)13-9(16)6-8-7-18-11(12-8)15-5-3-4-10(15)17/h7H,3-6H2,1-2H3,(H,13,16). The van der Waals surface area contributed by atoms with E-state index < -0.39 is 0 Å². The molecule has 18 heavy (non-hydrogen) atoms. The van der Waals surface area contributed by atoms with Gasteiger partial charge in [-0.2, -0.15) is 0 Å². The first-order valence-corrected chi connectivity index (χ1v) is 6.66. The van der Waals surface area contributed by atoms with E-state index in [-0.39, 0.29) is 18.2 Å². The molecular weight excluding hydrogens is 252 g/mol. The van der Waals surface area contributed by atoms with Gasteiger partial charge < -0.3 is 0 Å². The van der Waals surface area contributed by atoms with E-state index in [4.69, 9.17) is 0 Å². The predicted octanol–water partition coefficient (Wildman–Crippen LogP) is 0.405. The largest absolute Gasteiger partial charge is 0.289 e. The molecule has 1 aliphatic rings. The van der Waals surface area contributed by atoms with Gasteiger partial charge in [0, 0.05) is 32.4 Å². The molecule has 0 radical (unpaired) electrons. The third-order valence-electron chi connectivity index (χ3n) is 2.53. The number of thiazole rings is 1. The van der Waals surface area contributed by atoms with Crippen LogP contribution in [0.3, 0.4) is 0 Å². The number of carbonyl (C=O) groups is 2. The maximum absolute atomic E-state index is 11.6. The van der Waals surface area contributed by atoms with Gasteiger partial charge in [0.05, 0.1) is 12.1 Å². The molecule has 1 N–H and O–H groups in total. The molecule has 0 aromatic carbocycles. The van der Waals surface area contributed by atoms with Gasteiger partial charge in [-0.15, -0.1) is 11.3 Å². The van der Waals surface area contributed by atoms with Crippen LogP contribution in [0.5, 0.6) is 0 Å². The number of nitrogens with one attached hydrogen (secondary N) is 1. The first-order valence-electron chi connectivity index (χ1n) is 5.78.